The molecule has 0 saturated heterocycles. The molecule has 3 rings (SSSR count). The summed E-state index contributed by atoms with van der Waals surface area (Å²) in [7, 11) is -4.27. The van der Waals surface area contributed by atoms with Crippen molar-refractivity contribution in [3.63, 3.8) is 0 Å². The summed E-state index contributed by atoms with van der Waals surface area (Å²) < 4.78 is 28.2. The van der Waals surface area contributed by atoms with Gasteiger partial charge in [0.25, 0.3) is 15.9 Å². The van der Waals surface area contributed by atoms with Crippen molar-refractivity contribution in [2.24, 2.45) is 0 Å². The number of hydrogen-bond acceptors (Lipinski definition) is 6. The Labute approximate surface area is 180 Å². The molecule has 1 N–H and O–H groups in total. The van der Waals surface area contributed by atoms with Crippen LogP contribution in [0.5, 0.6) is 0 Å². The van der Waals surface area contributed by atoms with Gasteiger partial charge >= 0.3 is 0 Å². The molecule has 0 aliphatic carbocycles. The van der Waals surface area contributed by atoms with Crippen molar-refractivity contribution in [1.29, 1.82) is 5.26 Å². The maximum atomic E-state index is 12.5. The van der Waals surface area contributed by atoms with Gasteiger partial charge in [-0.25, -0.2) is 17.8 Å². The van der Waals surface area contributed by atoms with Crippen molar-refractivity contribution in [1.82, 2.24) is 19.7 Å². The molecule has 2 aromatic carbocycles. The third-order valence-electron chi connectivity index (χ3n) is 3.83. The van der Waals surface area contributed by atoms with E-state index in [2.05, 4.69) is 10.3 Å². The van der Waals surface area contributed by atoms with Crippen LogP contribution in [0.25, 0.3) is 5.69 Å². The van der Waals surface area contributed by atoms with E-state index in [0.717, 1.165) is 0 Å². The monoisotopic (exact) mass is 469 g/mol. The molecule has 0 aliphatic heterocycles. The summed E-state index contributed by atoms with van der Waals surface area (Å²) in [5, 5.41) is 16.9. The summed E-state index contributed by atoms with van der Waals surface area (Å²) in [4.78, 5) is 12.2. The van der Waals surface area contributed by atoms with Crippen LogP contribution in [0.15, 0.2) is 41.3 Å². The zero-order valence-electron chi connectivity index (χ0n) is 14.5. The first-order valence-electron chi connectivity index (χ1n) is 7.78. The van der Waals surface area contributed by atoms with Crippen LogP contribution in [-0.2, 0) is 10.0 Å². The fourth-order valence-electron chi connectivity index (χ4n) is 2.43. The maximum Gasteiger partial charge on any atom is 0.287 e. The molecule has 0 unspecified atom stereocenters. The molecule has 12 heteroatoms. The van der Waals surface area contributed by atoms with Gasteiger partial charge in [0, 0.05) is 5.02 Å². The molecule has 0 bridgehead atoms. The van der Waals surface area contributed by atoms with Gasteiger partial charge in [-0.1, -0.05) is 40.0 Å². The van der Waals surface area contributed by atoms with Crippen molar-refractivity contribution in [2.45, 2.75) is 11.8 Å². The molecule has 148 valence electrons. The molecular formula is C17H10Cl3N5O3S. The zero-order chi connectivity index (χ0) is 21.3. The van der Waals surface area contributed by atoms with Crippen LogP contribution in [0.1, 0.15) is 21.7 Å². The Kier molecular flexibility index (Phi) is 5.82. The Hall–Kier alpha value is -2.64. The minimum atomic E-state index is -4.27. The highest BCUT2D eigenvalue weighted by Gasteiger charge is 2.26. The number of halogens is 3. The van der Waals surface area contributed by atoms with E-state index < -0.39 is 15.9 Å². The van der Waals surface area contributed by atoms with E-state index in [9.17, 15) is 13.2 Å². The number of nitriles is 1. The van der Waals surface area contributed by atoms with E-state index in [1.165, 1.54) is 48.0 Å². The second-order valence-corrected chi connectivity index (χ2v) is 8.62. The number of carbonyl (C=O) groups excluding carboxylic acids is 1. The van der Waals surface area contributed by atoms with E-state index >= 15 is 0 Å². The zero-order valence-corrected chi connectivity index (χ0v) is 17.6. The van der Waals surface area contributed by atoms with Crippen molar-refractivity contribution in [3.8, 4) is 11.8 Å². The summed E-state index contributed by atoms with van der Waals surface area (Å²) in [6.45, 7) is 1.52. The number of benzene rings is 2. The number of amides is 1. The number of nitrogens with zero attached hydrogens (tertiary/aromatic N) is 4. The molecular weight excluding hydrogens is 461 g/mol. The first-order chi connectivity index (χ1) is 13.6. The van der Waals surface area contributed by atoms with E-state index in [4.69, 9.17) is 40.1 Å². The largest absolute Gasteiger partial charge is 0.287 e. The predicted molar refractivity (Wildman–Crippen MR) is 107 cm³/mol. The fraction of sp³-hybridized carbons (Fsp3) is 0.0588. The standard InChI is InChI=1S/C17H10Cl3N5O3S/c1-9-16(22-24-25(9)14-4-2-10(8-21)6-12(14)19)17(26)23-29(27,28)15-5-3-11(18)7-13(15)20/h2-7H,1H3,(H,23,26). The molecule has 8 nitrogen and oxygen atoms in total. The summed E-state index contributed by atoms with van der Waals surface area (Å²) in [6, 6.07) is 10.2. The second kappa shape index (κ2) is 8.00. The smallest absolute Gasteiger partial charge is 0.266 e. The molecule has 0 fully saturated rings. The topological polar surface area (TPSA) is 118 Å². The third kappa shape index (κ3) is 4.21. The van der Waals surface area contributed by atoms with Gasteiger partial charge in [-0.3, -0.25) is 4.79 Å². The number of carbonyl (C=O) groups is 1. The van der Waals surface area contributed by atoms with Gasteiger partial charge in [0.15, 0.2) is 5.69 Å². The van der Waals surface area contributed by atoms with Gasteiger partial charge < -0.3 is 0 Å². The first-order valence-corrected chi connectivity index (χ1v) is 10.4. The first kappa shape index (κ1) is 21.1. The van der Waals surface area contributed by atoms with Gasteiger partial charge in [0.1, 0.15) is 4.90 Å². The molecule has 1 aromatic heterocycles. The Morgan fingerprint density at radius 2 is 1.86 bits per heavy atom. The Morgan fingerprint density at radius 3 is 2.48 bits per heavy atom. The van der Waals surface area contributed by atoms with Gasteiger partial charge in [-0.2, -0.15) is 5.26 Å². The van der Waals surface area contributed by atoms with Gasteiger partial charge in [-0.15, -0.1) is 5.10 Å². The molecule has 0 saturated carbocycles. The number of rotatable bonds is 4. The van der Waals surface area contributed by atoms with Crippen molar-refractivity contribution < 1.29 is 13.2 Å². The average molecular weight is 471 g/mol. The number of hydrogen-bond donors (Lipinski definition) is 1. The molecule has 0 spiro atoms. The molecule has 29 heavy (non-hydrogen) atoms. The predicted octanol–water partition coefficient (Wildman–Crippen LogP) is 3.53. The van der Waals surface area contributed by atoms with Crippen LogP contribution in [0, 0.1) is 18.3 Å². The van der Waals surface area contributed by atoms with Gasteiger partial charge in [-0.05, 0) is 43.3 Å². The van der Waals surface area contributed by atoms with Gasteiger partial charge in [0.05, 0.1) is 33.1 Å². The quantitative estimate of drug-likeness (QED) is 0.623. The van der Waals surface area contributed by atoms with Crippen LogP contribution in [-0.4, -0.2) is 29.3 Å². The van der Waals surface area contributed by atoms with Crippen LogP contribution in [0.3, 0.4) is 0 Å². The fourth-order valence-corrected chi connectivity index (χ4v) is 4.42. The van der Waals surface area contributed by atoms with E-state index in [-0.39, 0.29) is 31.4 Å². The van der Waals surface area contributed by atoms with Crippen LogP contribution >= 0.6 is 34.8 Å². The van der Waals surface area contributed by atoms with Crippen LogP contribution in [0.4, 0.5) is 0 Å². The normalized spacial score (nSPS) is 11.1. The summed E-state index contributed by atoms with van der Waals surface area (Å²) in [6.07, 6.45) is 0. The average Bonchev–Trinajstić information content (AvgIpc) is 3.02. The number of sulfonamides is 1. The Balaban J connectivity index is 1.93. The maximum absolute atomic E-state index is 12.5. The minimum absolute atomic E-state index is 0.137. The van der Waals surface area contributed by atoms with E-state index in [0.29, 0.717) is 11.3 Å². The lowest BCUT2D eigenvalue weighted by Crippen LogP contribution is -2.31. The molecule has 1 amide bonds. The molecule has 0 aliphatic rings. The van der Waals surface area contributed by atoms with E-state index in [1.54, 1.807) is 0 Å². The lowest BCUT2D eigenvalue weighted by molar-refractivity contribution is 0.0976. The van der Waals surface area contributed by atoms with Crippen molar-refractivity contribution in [3.05, 3.63) is 68.4 Å². The second-order valence-electron chi connectivity index (χ2n) is 5.72. The Bertz CT molecular complexity index is 1280. The number of aromatic nitrogens is 3. The number of nitrogens with one attached hydrogen (secondary N) is 1. The summed E-state index contributed by atoms with van der Waals surface area (Å²) >= 11 is 17.8. The molecule has 0 radical (unpaired) electrons. The van der Waals surface area contributed by atoms with Crippen LogP contribution < -0.4 is 4.72 Å². The summed E-state index contributed by atoms with van der Waals surface area (Å²) in [5.41, 5.74) is 0.740. The minimum Gasteiger partial charge on any atom is -0.266 e. The third-order valence-corrected chi connectivity index (χ3v) is 6.18. The van der Waals surface area contributed by atoms with E-state index in [1.807, 2.05) is 10.8 Å². The SMILES string of the molecule is Cc1c(C(=O)NS(=O)(=O)c2ccc(Cl)cc2Cl)nnn1-c1ccc(C#N)cc1Cl. The lowest BCUT2D eigenvalue weighted by Gasteiger charge is -2.09. The Morgan fingerprint density at radius 1 is 1.14 bits per heavy atom. The summed E-state index contributed by atoms with van der Waals surface area (Å²) in [5.74, 6) is -0.996. The highest BCUT2D eigenvalue weighted by Crippen LogP contribution is 2.26. The van der Waals surface area contributed by atoms with Gasteiger partial charge in [0.2, 0.25) is 0 Å². The van der Waals surface area contributed by atoms with Crippen LogP contribution in [0.2, 0.25) is 15.1 Å². The molecule has 3 aromatic rings. The van der Waals surface area contributed by atoms with Crippen molar-refractivity contribution in [2.75, 3.05) is 0 Å². The molecule has 0 atom stereocenters. The highest BCUT2D eigenvalue weighted by molar-refractivity contribution is 7.90. The highest BCUT2D eigenvalue weighted by atomic mass is 35.5. The van der Waals surface area contributed by atoms with Crippen molar-refractivity contribution >= 4 is 50.7 Å². The lowest BCUT2D eigenvalue weighted by atomic mass is 10.2. The molecule has 1 heterocycles.